The van der Waals surface area contributed by atoms with Crippen molar-refractivity contribution in [2.45, 2.75) is 35.4 Å². The maximum Gasteiger partial charge on any atom is 0.258 e. The Balaban J connectivity index is 1.58. The lowest BCUT2D eigenvalue weighted by atomic mass is 9.56. The van der Waals surface area contributed by atoms with Crippen LogP contribution in [-0.2, 0) is 19.2 Å². The number of phenols is 1. The van der Waals surface area contributed by atoms with E-state index in [1.807, 2.05) is 6.08 Å². The van der Waals surface area contributed by atoms with Crippen LogP contribution in [0.25, 0.3) is 0 Å². The van der Waals surface area contributed by atoms with Crippen LogP contribution in [0.4, 0.5) is 10.1 Å². The van der Waals surface area contributed by atoms with Crippen molar-refractivity contribution in [3.8, 4) is 11.5 Å². The molecule has 2 aromatic carbocycles. The lowest BCUT2D eigenvalue weighted by molar-refractivity contribution is -0.138. The molecule has 4 amide bonds. The van der Waals surface area contributed by atoms with Gasteiger partial charge < -0.3 is 9.84 Å². The van der Waals surface area contributed by atoms with Gasteiger partial charge >= 0.3 is 0 Å². The second-order valence-electron chi connectivity index (χ2n) is 10.6. The molecule has 8 nitrogen and oxygen atoms in total. The van der Waals surface area contributed by atoms with E-state index in [0.29, 0.717) is 11.1 Å². The highest BCUT2D eigenvalue weighted by molar-refractivity contribution is 6.58. The van der Waals surface area contributed by atoms with Crippen molar-refractivity contribution in [2.24, 2.45) is 17.8 Å². The maximum atomic E-state index is 14.3. The molecule has 3 fully saturated rings. The van der Waals surface area contributed by atoms with E-state index >= 15 is 0 Å². The molecule has 2 saturated heterocycles. The van der Waals surface area contributed by atoms with E-state index in [0.717, 1.165) is 21.9 Å². The number of anilines is 1. The average Bonchev–Trinajstić information content (AvgIpc) is 3.24. The van der Waals surface area contributed by atoms with Gasteiger partial charge in [-0.1, -0.05) is 17.7 Å². The lowest BCUT2D eigenvalue weighted by Gasteiger charge is -2.50. The number of benzene rings is 2. The number of halogens is 3. The van der Waals surface area contributed by atoms with Crippen molar-refractivity contribution in [2.75, 3.05) is 18.6 Å². The summed E-state index contributed by atoms with van der Waals surface area (Å²) in [5.41, 5.74) is 1.18. The minimum atomic E-state index is -2.05. The molecule has 2 aromatic rings. The Morgan fingerprint density at radius 2 is 1.73 bits per heavy atom. The Labute approximate surface area is 239 Å². The van der Waals surface area contributed by atoms with Crippen LogP contribution in [0, 0.1) is 23.6 Å². The predicted molar refractivity (Wildman–Crippen MR) is 144 cm³/mol. The molecule has 4 aliphatic rings. The first kappa shape index (κ1) is 26.8. The third-order valence-electron chi connectivity index (χ3n) is 8.73. The number of hydrogen-bond acceptors (Lipinski definition) is 6. The molecule has 1 saturated carbocycles. The summed E-state index contributed by atoms with van der Waals surface area (Å²) in [5, 5.41) is 10.4. The summed E-state index contributed by atoms with van der Waals surface area (Å²) in [5.74, 6) is -5.86. The van der Waals surface area contributed by atoms with Crippen molar-refractivity contribution in [3.63, 3.8) is 0 Å². The number of carbonyl (C=O) groups is 4. The van der Waals surface area contributed by atoms with Gasteiger partial charge in [0.1, 0.15) is 5.82 Å². The number of fused-ring (bicyclic) bond motifs is 4. The van der Waals surface area contributed by atoms with Crippen LogP contribution in [0.5, 0.6) is 11.5 Å². The Morgan fingerprint density at radius 1 is 1.02 bits per heavy atom. The van der Waals surface area contributed by atoms with Gasteiger partial charge in [-0.15, -0.1) is 23.2 Å². The van der Waals surface area contributed by atoms with Crippen molar-refractivity contribution in [3.05, 3.63) is 65.5 Å². The number of hydrogen-bond donors (Lipinski definition) is 1. The third-order valence-corrected chi connectivity index (χ3v) is 10.1. The number of aromatic hydroxyl groups is 1. The monoisotopic (exact) mass is 586 g/mol. The number of phenolic OH excluding ortho intramolecular Hbond substituents is 1. The number of ether oxygens (including phenoxy) is 1. The van der Waals surface area contributed by atoms with Gasteiger partial charge in [-0.05, 0) is 67.6 Å². The van der Waals surface area contributed by atoms with E-state index < -0.39 is 51.1 Å². The van der Waals surface area contributed by atoms with E-state index in [9.17, 15) is 28.7 Å². The normalized spacial score (nSPS) is 33.1. The number of rotatable bonds is 4. The molecule has 2 heterocycles. The van der Waals surface area contributed by atoms with Gasteiger partial charge in [0, 0.05) is 13.0 Å². The van der Waals surface area contributed by atoms with E-state index in [4.69, 9.17) is 27.9 Å². The fourth-order valence-corrected chi connectivity index (χ4v) is 7.85. The molecular formula is C29H25Cl2FN2O6. The number of nitrogens with zero attached hydrogens (tertiary/aromatic N) is 2. The minimum absolute atomic E-state index is 0.104. The summed E-state index contributed by atoms with van der Waals surface area (Å²) in [6.07, 6.45) is 1.92. The summed E-state index contributed by atoms with van der Waals surface area (Å²) < 4.78 is 19.3. The molecule has 6 unspecified atom stereocenters. The number of likely N-dealkylation sites (tertiary alicyclic amines) is 1. The van der Waals surface area contributed by atoms with Crippen molar-refractivity contribution in [1.82, 2.24) is 4.90 Å². The van der Waals surface area contributed by atoms with Gasteiger partial charge in [-0.25, -0.2) is 9.29 Å². The zero-order chi connectivity index (χ0) is 28.7. The van der Waals surface area contributed by atoms with Crippen molar-refractivity contribution < 1.29 is 33.4 Å². The van der Waals surface area contributed by atoms with E-state index in [1.165, 1.54) is 25.2 Å². The van der Waals surface area contributed by atoms with Crippen LogP contribution in [-0.4, -0.2) is 57.0 Å². The molecular weight excluding hydrogens is 562 g/mol. The Kier molecular flexibility index (Phi) is 6.05. The molecule has 6 atom stereocenters. The number of amides is 4. The summed E-state index contributed by atoms with van der Waals surface area (Å²) in [7, 11) is 1.43. The highest BCUT2D eigenvalue weighted by Crippen LogP contribution is 2.66. The highest BCUT2D eigenvalue weighted by Gasteiger charge is 2.76. The van der Waals surface area contributed by atoms with Crippen LogP contribution in [0.2, 0.25) is 0 Å². The van der Waals surface area contributed by atoms with Crippen LogP contribution in [0.15, 0.2) is 54.1 Å². The van der Waals surface area contributed by atoms with Crippen molar-refractivity contribution in [1.29, 1.82) is 0 Å². The molecule has 6 rings (SSSR count). The molecule has 0 aromatic heterocycles. The average molecular weight is 587 g/mol. The molecule has 40 heavy (non-hydrogen) atoms. The van der Waals surface area contributed by atoms with Gasteiger partial charge in [0.2, 0.25) is 11.8 Å². The molecule has 11 heteroatoms. The fourth-order valence-electron chi connectivity index (χ4n) is 6.91. The van der Waals surface area contributed by atoms with E-state index in [2.05, 4.69) is 0 Å². The first-order valence-electron chi connectivity index (χ1n) is 12.9. The molecule has 208 valence electrons. The second kappa shape index (κ2) is 9.04. The van der Waals surface area contributed by atoms with E-state index in [-0.39, 0.29) is 48.4 Å². The van der Waals surface area contributed by atoms with E-state index in [1.54, 1.807) is 19.1 Å². The van der Waals surface area contributed by atoms with Crippen LogP contribution < -0.4 is 9.64 Å². The SMILES string of the molecule is CCOc1cc(C2C3=CCC4C(=O)N(C)C(=O)C4C3CC3(Cl)C(=O)N(c4ccc(F)cc4)C(=O)C23Cl)ccc1O. The smallest absolute Gasteiger partial charge is 0.258 e. The highest BCUT2D eigenvalue weighted by atomic mass is 35.5. The maximum absolute atomic E-state index is 14.3. The number of allylic oxidation sites excluding steroid dienone is 2. The number of imide groups is 2. The number of alkyl halides is 2. The molecule has 0 radical (unpaired) electrons. The van der Waals surface area contributed by atoms with Gasteiger partial charge in [0.25, 0.3) is 11.8 Å². The molecule has 0 bridgehead atoms. The topological polar surface area (TPSA) is 104 Å². The minimum Gasteiger partial charge on any atom is -0.504 e. The first-order chi connectivity index (χ1) is 19.0. The van der Waals surface area contributed by atoms with Crippen LogP contribution in [0.3, 0.4) is 0 Å². The Bertz CT molecular complexity index is 1510. The Hall–Kier alpha value is -3.43. The van der Waals surface area contributed by atoms with Gasteiger partial charge in [-0.3, -0.25) is 24.1 Å². The molecule has 2 aliphatic heterocycles. The van der Waals surface area contributed by atoms with Crippen LogP contribution >= 0.6 is 23.2 Å². The molecule has 0 spiro atoms. The van der Waals surface area contributed by atoms with Gasteiger partial charge in [-0.2, -0.15) is 0 Å². The second-order valence-corrected chi connectivity index (χ2v) is 11.9. The standard InChI is InChI=1S/C29H25Cl2FN2O6/c1-3-40-21-12-14(4-11-20(21)35)23-17-9-10-18-22(25(37)33(2)24(18)36)19(17)13-28(30)26(38)34(27(39)29(23,28)31)16-7-5-15(32)6-8-16/h4-9,11-12,18-19,22-23,35H,3,10,13H2,1-2H3. The quantitative estimate of drug-likeness (QED) is 0.328. The van der Waals surface area contributed by atoms with Crippen molar-refractivity contribution >= 4 is 52.5 Å². The lowest BCUT2D eigenvalue weighted by Crippen LogP contribution is -2.60. The zero-order valence-corrected chi connectivity index (χ0v) is 23.1. The molecule has 2 aliphatic carbocycles. The summed E-state index contributed by atoms with van der Waals surface area (Å²) in [4.78, 5) is 52.5. The predicted octanol–water partition coefficient (Wildman–Crippen LogP) is 4.12. The fraction of sp³-hybridized carbons (Fsp3) is 0.379. The summed E-state index contributed by atoms with van der Waals surface area (Å²) >= 11 is 14.5. The van der Waals surface area contributed by atoms with Crippen LogP contribution in [0.1, 0.15) is 31.2 Å². The first-order valence-corrected chi connectivity index (χ1v) is 13.7. The largest absolute Gasteiger partial charge is 0.504 e. The molecule has 1 N–H and O–H groups in total. The zero-order valence-electron chi connectivity index (χ0n) is 21.6. The van der Waals surface area contributed by atoms with Gasteiger partial charge in [0.15, 0.2) is 21.2 Å². The Morgan fingerprint density at radius 3 is 2.40 bits per heavy atom. The number of carbonyl (C=O) groups excluding carboxylic acids is 4. The summed E-state index contributed by atoms with van der Waals surface area (Å²) in [6.45, 7) is 2.00. The summed E-state index contributed by atoms with van der Waals surface area (Å²) in [6, 6.07) is 9.36. The third kappa shape index (κ3) is 3.37. The van der Waals surface area contributed by atoms with Gasteiger partial charge in [0.05, 0.1) is 24.1 Å².